The molecule has 9 rings (SSSR count). The van der Waals surface area contributed by atoms with Crippen molar-refractivity contribution >= 4 is 33.2 Å². The van der Waals surface area contributed by atoms with Crippen molar-refractivity contribution in [3.05, 3.63) is 175 Å². The zero-order valence-electron chi connectivity index (χ0n) is 25.1. The average Bonchev–Trinajstić information content (AvgIpc) is 3.64. The van der Waals surface area contributed by atoms with Gasteiger partial charge < -0.3 is 9.47 Å². The Morgan fingerprint density at radius 2 is 1.13 bits per heavy atom. The van der Waals surface area contributed by atoms with Crippen molar-refractivity contribution in [2.45, 2.75) is 12.0 Å². The van der Waals surface area contributed by atoms with E-state index >= 15 is 0 Å². The van der Waals surface area contributed by atoms with Gasteiger partial charge >= 0.3 is 0 Å². The summed E-state index contributed by atoms with van der Waals surface area (Å²) in [5.41, 5.74) is 12.1. The lowest BCUT2D eigenvalue weighted by atomic mass is 9.91. The Balaban J connectivity index is 1.10. The third kappa shape index (κ3) is 3.98. The molecule has 2 atom stereocenters. The van der Waals surface area contributed by atoms with Gasteiger partial charge in [-0.05, 0) is 58.7 Å². The van der Waals surface area contributed by atoms with Crippen LogP contribution >= 0.6 is 0 Å². The first kappa shape index (κ1) is 26.3. The minimum absolute atomic E-state index is 0.250. The topological polar surface area (TPSA) is 32.0 Å². The summed E-state index contributed by atoms with van der Waals surface area (Å²) in [4.78, 5) is 2.50. The second kappa shape index (κ2) is 10.5. The Labute approximate surface area is 268 Å². The van der Waals surface area contributed by atoms with Crippen LogP contribution in [0.25, 0.3) is 49.7 Å². The summed E-state index contributed by atoms with van der Waals surface area (Å²) in [7, 11) is 0. The molecule has 0 amide bonds. The number of anilines is 2. The van der Waals surface area contributed by atoms with Crippen LogP contribution in [0, 0.1) is 11.3 Å². The molecule has 1 aromatic heterocycles. The maximum absolute atomic E-state index is 10.3. The van der Waals surface area contributed by atoms with Gasteiger partial charge in [0.15, 0.2) is 0 Å². The van der Waals surface area contributed by atoms with Gasteiger partial charge in [-0.2, -0.15) is 5.26 Å². The summed E-state index contributed by atoms with van der Waals surface area (Å²) in [5.74, 6) is 0.344. The zero-order chi connectivity index (χ0) is 30.6. The molecule has 3 nitrogen and oxygen atoms in total. The maximum atomic E-state index is 10.3. The van der Waals surface area contributed by atoms with Gasteiger partial charge in [-0.3, -0.25) is 0 Å². The van der Waals surface area contributed by atoms with Crippen LogP contribution in [-0.4, -0.2) is 10.6 Å². The van der Waals surface area contributed by atoms with Gasteiger partial charge in [0.05, 0.1) is 28.3 Å². The summed E-state index contributed by atoms with van der Waals surface area (Å²) >= 11 is 0. The molecule has 0 N–H and O–H groups in total. The van der Waals surface area contributed by atoms with Gasteiger partial charge in [-0.1, -0.05) is 127 Å². The van der Waals surface area contributed by atoms with Crippen molar-refractivity contribution in [2.24, 2.45) is 0 Å². The minimum Gasteiger partial charge on any atom is -0.333 e. The molecule has 0 saturated heterocycles. The van der Waals surface area contributed by atoms with E-state index in [2.05, 4.69) is 173 Å². The Kier molecular flexibility index (Phi) is 6.01. The Bertz CT molecular complexity index is 2350. The van der Waals surface area contributed by atoms with Crippen LogP contribution in [0.4, 0.5) is 11.4 Å². The molecule has 3 heteroatoms. The van der Waals surface area contributed by atoms with Crippen molar-refractivity contribution in [2.75, 3.05) is 4.90 Å². The van der Waals surface area contributed by atoms with E-state index in [9.17, 15) is 5.26 Å². The Morgan fingerprint density at radius 1 is 0.522 bits per heavy atom. The molecule has 1 aliphatic heterocycles. The van der Waals surface area contributed by atoms with E-state index in [0.29, 0.717) is 11.5 Å². The highest BCUT2D eigenvalue weighted by atomic mass is 15.2. The lowest BCUT2D eigenvalue weighted by Crippen LogP contribution is -2.28. The molecule has 2 heterocycles. The third-order valence-corrected chi connectivity index (χ3v) is 9.59. The second-order valence-corrected chi connectivity index (χ2v) is 12.0. The lowest BCUT2D eigenvalue weighted by molar-refractivity contribution is 0.745. The van der Waals surface area contributed by atoms with Gasteiger partial charge in [0, 0.05) is 33.6 Å². The normalized spacial score (nSPS) is 16.5. The van der Waals surface area contributed by atoms with E-state index in [1.54, 1.807) is 0 Å². The fourth-order valence-electron chi connectivity index (χ4n) is 7.52. The monoisotopic (exact) mass is 587 g/mol. The van der Waals surface area contributed by atoms with Crippen LogP contribution in [0.5, 0.6) is 0 Å². The predicted molar refractivity (Wildman–Crippen MR) is 190 cm³/mol. The van der Waals surface area contributed by atoms with E-state index in [1.165, 1.54) is 33.3 Å². The average molecular weight is 588 g/mol. The minimum atomic E-state index is 0.250. The zero-order valence-corrected chi connectivity index (χ0v) is 25.1. The number of allylic oxidation sites excluding steroid dienone is 2. The van der Waals surface area contributed by atoms with Gasteiger partial charge in [0.25, 0.3) is 0 Å². The quantitative estimate of drug-likeness (QED) is 0.205. The molecule has 2 unspecified atom stereocenters. The SMILES string of the molecule is N#Cc1cc(-c2ccc(-c3ccccc3N3c4ccccc4C4C=CC=CC43)cc2)ccc1-n1c2ccccc2c2ccccc21. The summed E-state index contributed by atoms with van der Waals surface area (Å²) in [6.45, 7) is 0. The highest BCUT2D eigenvalue weighted by Crippen LogP contribution is 2.49. The van der Waals surface area contributed by atoms with E-state index in [1.807, 2.05) is 6.07 Å². The van der Waals surface area contributed by atoms with E-state index < -0.39 is 0 Å². The highest BCUT2D eigenvalue weighted by Gasteiger charge is 2.37. The lowest BCUT2D eigenvalue weighted by Gasteiger charge is -2.30. The van der Waals surface area contributed by atoms with E-state index in [0.717, 1.165) is 33.4 Å². The van der Waals surface area contributed by atoms with Crippen LogP contribution in [0.3, 0.4) is 0 Å². The number of para-hydroxylation sites is 4. The van der Waals surface area contributed by atoms with Crippen LogP contribution in [0.15, 0.2) is 164 Å². The largest absolute Gasteiger partial charge is 0.333 e. The fraction of sp³-hybridized carbons (Fsp3) is 0.0465. The maximum Gasteiger partial charge on any atom is 0.101 e. The molecule has 46 heavy (non-hydrogen) atoms. The van der Waals surface area contributed by atoms with Crippen molar-refractivity contribution in [1.29, 1.82) is 5.26 Å². The van der Waals surface area contributed by atoms with Gasteiger partial charge in [0.2, 0.25) is 0 Å². The number of rotatable bonds is 4. The smallest absolute Gasteiger partial charge is 0.101 e. The molecule has 0 spiro atoms. The Hall–Kier alpha value is -6.11. The van der Waals surface area contributed by atoms with Crippen molar-refractivity contribution in [1.82, 2.24) is 4.57 Å². The van der Waals surface area contributed by atoms with Crippen LogP contribution < -0.4 is 4.90 Å². The number of aromatic nitrogens is 1. The Morgan fingerprint density at radius 3 is 1.89 bits per heavy atom. The molecule has 2 aliphatic rings. The van der Waals surface area contributed by atoms with E-state index in [4.69, 9.17) is 0 Å². The molecular weight excluding hydrogens is 558 g/mol. The number of hydrogen-bond acceptors (Lipinski definition) is 2. The summed E-state index contributed by atoms with van der Waals surface area (Å²) in [6, 6.07) is 52.0. The highest BCUT2D eigenvalue weighted by molar-refractivity contribution is 6.09. The molecule has 216 valence electrons. The molecule has 1 aliphatic carbocycles. The summed E-state index contributed by atoms with van der Waals surface area (Å²) in [5, 5.41) is 12.7. The fourth-order valence-corrected chi connectivity index (χ4v) is 7.52. The number of benzene rings is 6. The molecule has 0 radical (unpaired) electrons. The predicted octanol–water partition coefficient (Wildman–Crippen LogP) is 10.7. The molecule has 0 saturated carbocycles. The van der Waals surface area contributed by atoms with Crippen LogP contribution in [0.2, 0.25) is 0 Å². The van der Waals surface area contributed by atoms with Gasteiger partial charge in [-0.15, -0.1) is 0 Å². The first-order chi connectivity index (χ1) is 22.8. The molecule has 0 fully saturated rings. The molecule has 6 aromatic carbocycles. The van der Waals surface area contributed by atoms with Crippen molar-refractivity contribution in [3.63, 3.8) is 0 Å². The number of hydrogen-bond donors (Lipinski definition) is 0. The van der Waals surface area contributed by atoms with Crippen molar-refractivity contribution in [3.8, 4) is 34.0 Å². The van der Waals surface area contributed by atoms with Crippen LogP contribution in [-0.2, 0) is 0 Å². The van der Waals surface area contributed by atoms with Crippen LogP contribution in [0.1, 0.15) is 17.0 Å². The number of fused-ring (bicyclic) bond motifs is 6. The summed E-state index contributed by atoms with van der Waals surface area (Å²) in [6.07, 6.45) is 8.97. The second-order valence-electron chi connectivity index (χ2n) is 12.0. The summed E-state index contributed by atoms with van der Waals surface area (Å²) < 4.78 is 2.21. The molecule has 0 bridgehead atoms. The number of nitrogens with zero attached hydrogens (tertiary/aromatic N) is 3. The first-order valence-corrected chi connectivity index (χ1v) is 15.8. The molecular formula is C43H29N3. The first-order valence-electron chi connectivity index (χ1n) is 15.8. The van der Waals surface area contributed by atoms with Gasteiger partial charge in [0.1, 0.15) is 6.07 Å². The molecule has 7 aromatic rings. The number of nitriles is 1. The van der Waals surface area contributed by atoms with Gasteiger partial charge in [-0.25, -0.2) is 0 Å². The van der Waals surface area contributed by atoms with Crippen molar-refractivity contribution < 1.29 is 0 Å². The van der Waals surface area contributed by atoms with E-state index in [-0.39, 0.29) is 6.04 Å². The third-order valence-electron chi connectivity index (χ3n) is 9.59. The standard InChI is InChI=1S/C43H29N3/c44-28-32-27-31(25-26-38(32)45-40-17-7-2-12-34(40)35-13-3-8-18-41(35)45)29-21-23-30(24-22-29)33-11-1-6-16-39(33)46-42-19-9-4-14-36(42)37-15-5-10-20-43(37)46/h1-27,36,42H.